The van der Waals surface area contributed by atoms with Crippen molar-refractivity contribution in [3.05, 3.63) is 380 Å². The van der Waals surface area contributed by atoms with E-state index in [1.165, 1.54) is 87.8 Å². The Labute approximate surface area is 698 Å². The quantitative estimate of drug-likeness (QED) is 0.121. The topological polar surface area (TPSA) is 24.5 Å². The van der Waals surface area contributed by atoms with Crippen LogP contribution in [0.15, 0.2) is 358 Å². The summed E-state index contributed by atoms with van der Waals surface area (Å²) < 4.78 is 7.57. The predicted octanol–water partition coefficient (Wildman–Crippen LogP) is 28.7. The summed E-state index contributed by atoms with van der Waals surface area (Å²) in [5.74, 6) is 0. The van der Waals surface area contributed by atoms with Crippen LogP contribution in [-0.2, 0) is 21.7 Å². The molecule has 6 nitrogen and oxygen atoms in total. The standard InChI is InChI=1S/C112H95BN6/c1-109(2,3)77-46-55-99(90(63-77)74-36-22-15-23-37-74)119-105-71-86(117-102-58-51-83(114(81-38-24-16-25-39-81)82-40-26-17-27-41-82)68-93(102)94-69-84(52-59-103(94)117)115-97-44-30-28-42-88(97)89-43-29-31-45-98(89)115)50-54-96(105)113-95-53-49-85(116-100-56-47-78(110(4,5)6)64-91(100)92-65-79(111(7,8)9)48-57-101(92)116)70-104(95)118(106-66-80(112(10,11)12)67-107(119)108(106)113)87-61-75(72-32-18-13-19-33-72)60-76(62-87)73-34-20-14-21-35-73/h13-71H,1-12H3. The molecule has 0 spiro atoms. The Bertz CT molecular complexity index is 7040. The first-order valence-electron chi connectivity index (χ1n) is 42.2. The van der Waals surface area contributed by atoms with E-state index in [0.29, 0.717) is 0 Å². The van der Waals surface area contributed by atoms with E-state index in [4.69, 9.17) is 0 Å². The summed E-state index contributed by atoms with van der Waals surface area (Å²) in [6.45, 7) is 28.0. The largest absolute Gasteiger partial charge is 0.311 e. The van der Waals surface area contributed by atoms with Crippen LogP contribution in [0.1, 0.15) is 105 Å². The minimum atomic E-state index is -0.320. The first-order chi connectivity index (χ1) is 57.6. The highest BCUT2D eigenvalue weighted by molar-refractivity contribution is 7.00. The molecule has 3 aromatic heterocycles. The fourth-order valence-electron chi connectivity index (χ4n) is 19.2. The Morgan fingerprint density at radius 2 is 0.588 bits per heavy atom. The zero-order valence-corrected chi connectivity index (χ0v) is 69.8. The van der Waals surface area contributed by atoms with E-state index in [1.807, 2.05) is 0 Å². The van der Waals surface area contributed by atoms with E-state index in [-0.39, 0.29) is 28.4 Å². The van der Waals surface area contributed by atoms with Crippen molar-refractivity contribution < 1.29 is 0 Å². The normalized spacial score (nSPS) is 13.0. The minimum absolute atomic E-state index is 0.0615. The molecule has 0 fully saturated rings. The maximum absolute atomic E-state index is 2.69. The van der Waals surface area contributed by atoms with Gasteiger partial charge in [0.1, 0.15) is 0 Å². The Hall–Kier alpha value is -13.6. The van der Waals surface area contributed by atoms with Gasteiger partial charge in [-0.2, -0.15) is 0 Å². The first kappa shape index (κ1) is 73.0. The third kappa shape index (κ3) is 12.2. The molecule has 0 atom stereocenters. The Morgan fingerprint density at radius 3 is 1.08 bits per heavy atom. The van der Waals surface area contributed by atoms with E-state index in [9.17, 15) is 0 Å². The minimum Gasteiger partial charge on any atom is -0.311 e. The number of benzene rings is 16. The Kier molecular flexibility index (Phi) is 16.9. The van der Waals surface area contributed by atoms with Gasteiger partial charge < -0.3 is 28.4 Å². The van der Waals surface area contributed by atoms with Crippen molar-refractivity contribution >= 4 is 140 Å². The van der Waals surface area contributed by atoms with Gasteiger partial charge in [-0.3, -0.25) is 0 Å². The molecule has 0 saturated carbocycles. The van der Waals surface area contributed by atoms with E-state index in [0.717, 1.165) is 118 Å². The number of rotatable bonds is 11. The molecule has 0 amide bonds. The van der Waals surface area contributed by atoms with Crippen molar-refractivity contribution in [2.75, 3.05) is 14.7 Å². The third-order valence-electron chi connectivity index (χ3n) is 25.4. The lowest BCUT2D eigenvalue weighted by molar-refractivity contribution is 0.590. The van der Waals surface area contributed by atoms with Crippen LogP contribution < -0.4 is 31.1 Å². The fraction of sp³-hybridized carbons (Fsp3) is 0.143. The lowest BCUT2D eigenvalue weighted by Crippen LogP contribution is -2.61. The van der Waals surface area contributed by atoms with Crippen molar-refractivity contribution in [2.45, 2.75) is 105 Å². The number of anilines is 9. The Morgan fingerprint density at radius 1 is 0.218 bits per heavy atom. The number of para-hydroxylation sites is 4. The number of nitrogens with zero attached hydrogens (tertiary/aromatic N) is 6. The van der Waals surface area contributed by atoms with Gasteiger partial charge in [-0.05, 0) is 252 Å². The van der Waals surface area contributed by atoms with Crippen LogP contribution in [0.3, 0.4) is 0 Å². The molecule has 7 heteroatoms. The van der Waals surface area contributed by atoms with Gasteiger partial charge in [0.15, 0.2) is 0 Å². The average molecular weight is 1540 g/mol. The van der Waals surface area contributed by atoms with Gasteiger partial charge in [0.05, 0.1) is 38.8 Å². The van der Waals surface area contributed by atoms with Gasteiger partial charge in [0.25, 0.3) is 6.71 Å². The zero-order chi connectivity index (χ0) is 81.1. The maximum atomic E-state index is 2.69. The monoisotopic (exact) mass is 1530 g/mol. The fourth-order valence-corrected chi connectivity index (χ4v) is 19.2. The number of fused-ring (bicyclic) bond motifs is 13. The summed E-state index contributed by atoms with van der Waals surface area (Å²) in [6, 6.07) is 136. The molecular weight excluding hydrogens is 1440 g/mol. The molecule has 0 aliphatic carbocycles. The van der Waals surface area contributed by atoms with Crippen LogP contribution in [0.5, 0.6) is 0 Å². The lowest BCUT2D eigenvalue weighted by atomic mass is 9.33. The lowest BCUT2D eigenvalue weighted by Gasteiger charge is -2.45. The van der Waals surface area contributed by atoms with E-state index < -0.39 is 0 Å². The molecule has 0 N–H and O–H groups in total. The predicted molar refractivity (Wildman–Crippen MR) is 509 cm³/mol. The SMILES string of the molecule is CC(C)(C)c1ccc(N2c3cc(-n4c5ccc(N(c6ccccc6)c6ccccc6)cc5c5cc(-n6c7ccccc7c7ccccc76)ccc54)ccc3B3c4ccc(-n5c6ccc(C(C)(C)C)cc6c6cc(C(C)(C)C)ccc65)cc4N(c4cc(-c5ccccc5)cc(-c5ccccc5)c4)c4cc(C(C)(C)C)cc2c43)c(-c2ccccc2)c1. The van der Waals surface area contributed by atoms with Crippen molar-refractivity contribution in [2.24, 2.45) is 0 Å². The summed E-state index contributed by atoms with van der Waals surface area (Å²) >= 11 is 0. The average Bonchev–Trinajstić information content (AvgIpc) is 0.845. The van der Waals surface area contributed by atoms with Gasteiger partial charge in [-0.1, -0.05) is 277 Å². The van der Waals surface area contributed by atoms with Crippen LogP contribution in [0.4, 0.5) is 51.2 Å². The molecule has 0 saturated heterocycles. The number of hydrogen-bond donors (Lipinski definition) is 0. The molecule has 0 radical (unpaired) electrons. The van der Waals surface area contributed by atoms with Crippen molar-refractivity contribution in [3.8, 4) is 50.4 Å². The van der Waals surface area contributed by atoms with Crippen LogP contribution >= 0.6 is 0 Å². The van der Waals surface area contributed by atoms with Crippen LogP contribution in [0, 0.1) is 0 Å². The highest BCUT2D eigenvalue weighted by Crippen LogP contribution is 2.53. The highest BCUT2D eigenvalue weighted by Gasteiger charge is 2.46. The van der Waals surface area contributed by atoms with Crippen molar-refractivity contribution in [1.29, 1.82) is 0 Å². The number of aromatic nitrogens is 3. The maximum Gasteiger partial charge on any atom is 0.252 e. The summed E-state index contributed by atoms with van der Waals surface area (Å²) in [5.41, 5.74) is 35.4. The van der Waals surface area contributed by atoms with Crippen molar-refractivity contribution in [1.82, 2.24) is 13.7 Å². The molecule has 119 heavy (non-hydrogen) atoms. The van der Waals surface area contributed by atoms with Crippen LogP contribution in [0.25, 0.3) is 116 Å². The van der Waals surface area contributed by atoms with Crippen molar-refractivity contribution in [3.63, 3.8) is 0 Å². The van der Waals surface area contributed by atoms with Crippen LogP contribution in [-0.4, -0.2) is 20.4 Å². The van der Waals surface area contributed by atoms with Gasteiger partial charge in [-0.25, -0.2) is 0 Å². The first-order valence-corrected chi connectivity index (χ1v) is 42.2. The third-order valence-corrected chi connectivity index (χ3v) is 25.4. The molecule has 2 aliphatic rings. The van der Waals surface area contributed by atoms with E-state index in [1.54, 1.807) is 0 Å². The molecular formula is C112H95BN6. The second-order valence-electron chi connectivity index (χ2n) is 37.0. The van der Waals surface area contributed by atoms with E-state index in [2.05, 4.69) is 469 Å². The van der Waals surface area contributed by atoms with Gasteiger partial charge in [0, 0.05) is 100 Å². The molecule has 576 valence electrons. The van der Waals surface area contributed by atoms with E-state index >= 15 is 0 Å². The zero-order valence-electron chi connectivity index (χ0n) is 69.8. The highest BCUT2D eigenvalue weighted by atomic mass is 15.2. The molecule has 0 bridgehead atoms. The second kappa shape index (κ2) is 27.5. The summed E-state index contributed by atoms with van der Waals surface area (Å²) in [7, 11) is 0. The molecule has 2 aliphatic heterocycles. The smallest absolute Gasteiger partial charge is 0.252 e. The van der Waals surface area contributed by atoms with Crippen LogP contribution in [0.2, 0.25) is 0 Å². The molecule has 16 aromatic carbocycles. The molecule has 5 heterocycles. The molecule has 19 aromatic rings. The van der Waals surface area contributed by atoms with Gasteiger partial charge >= 0.3 is 0 Å². The van der Waals surface area contributed by atoms with Gasteiger partial charge in [-0.15, -0.1) is 0 Å². The summed E-state index contributed by atoms with van der Waals surface area (Å²) in [4.78, 5) is 7.75. The summed E-state index contributed by atoms with van der Waals surface area (Å²) in [6.07, 6.45) is 0. The second-order valence-corrected chi connectivity index (χ2v) is 37.0. The molecule has 0 unspecified atom stereocenters. The van der Waals surface area contributed by atoms with Gasteiger partial charge in [0.2, 0.25) is 0 Å². The molecule has 21 rings (SSSR count). The summed E-state index contributed by atoms with van der Waals surface area (Å²) in [5, 5.41) is 7.29. The number of hydrogen-bond acceptors (Lipinski definition) is 3. The Balaban J connectivity index is 0.872.